The Morgan fingerprint density at radius 1 is 1.53 bits per heavy atom. The van der Waals surface area contributed by atoms with Gasteiger partial charge in [0.15, 0.2) is 0 Å². The van der Waals surface area contributed by atoms with E-state index in [9.17, 15) is 0 Å². The van der Waals surface area contributed by atoms with Crippen molar-refractivity contribution in [3.63, 3.8) is 0 Å². The van der Waals surface area contributed by atoms with Gasteiger partial charge in [0.25, 0.3) is 0 Å². The molecule has 86 valence electrons. The fraction of sp³-hybridized carbons (Fsp3) is 0.727. The van der Waals surface area contributed by atoms with Crippen molar-refractivity contribution in [3.05, 3.63) is 18.0 Å². The van der Waals surface area contributed by atoms with Crippen molar-refractivity contribution >= 4 is 0 Å². The molecule has 1 aromatic heterocycles. The second-order valence-electron chi connectivity index (χ2n) is 4.11. The highest BCUT2D eigenvalue weighted by atomic mass is 16.5. The molecule has 2 N–H and O–H groups in total. The van der Waals surface area contributed by atoms with E-state index in [1.54, 1.807) is 11.8 Å². The Balaban J connectivity index is 2.27. The number of aromatic nitrogens is 2. The van der Waals surface area contributed by atoms with Crippen LogP contribution >= 0.6 is 0 Å². The molecule has 1 aromatic rings. The Bertz CT molecular complexity index is 285. The van der Waals surface area contributed by atoms with Gasteiger partial charge < -0.3 is 10.5 Å². The number of methoxy groups -OCH3 is 1. The van der Waals surface area contributed by atoms with E-state index in [0.717, 1.165) is 19.3 Å². The smallest absolute Gasteiger partial charge is 0.0543 e. The largest absolute Gasteiger partial charge is 0.382 e. The molecule has 1 heterocycles. The highest BCUT2D eigenvalue weighted by Crippen LogP contribution is 2.07. The van der Waals surface area contributed by atoms with Crippen molar-refractivity contribution in [3.8, 4) is 0 Å². The van der Waals surface area contributed by atoms with Crippen LogP contribution in [-0.2, 0) is 18.2 Å². The zero-order valence-corrected chi connectivity index (χ0v) is 9.81. The number of nitrogens with zero attached hydrogens (tertiary/aromatic N) is 2. The predicted molar refractivity (Wildman–Crippen MR) is 60.6 cm³/mol. The second-order valence-corrected chi connectivity index (χ2v) is 4.11. The first-order valence-electron chi connectivity index (χ1n) is 5.37. The van der Waals surface area contributed by atoms with Gasteiger partial charge >= 0.3 is 0 Å². The fourth-order valence-electron chi connectivity index (χ4n) is 1.55. The minimum atomic E-state index is 0.201. The van der Waals surface area contributed by atoms with Gasteiger partial charge in [-0.1, -0.05) is 0 Å². The van der Waals surface area contributed by atoms with Crippen LogP contribution in [0, 0.1) is 0 Å². The summed E-state index contributed by atoms with van der Waals surface area (Å²) in [5, 5.41) is 4.12. The maximum Gasteiger partial charge on any atom is 0.0543 e. The SMILES string of the molecule is COC(C)CCC(N)Cc1cnn(C)c1. The number of aryl methyl sites for hydroxylation is 1. The Morgan fingerprint density at radius 3 is 2.80 bits per heavy atom. The molecule has 0 fully saturated rings. The van der Waals surface area contributed by atoms with E-state index < -0.39 is 0 Å². The lowest BCUT2D eigenvalue weighted by Gasteiger charge is -2.13. The van der Waals surface area contributed by atoms with E-state index >= 15 is 0 Å². The van der Waals surface area contributed by atoms with Crippen LogP contribution in [0.15, 0.2) is 12.4 Å². The third kappa shape index (κ3) is 4.44. The molecule has 0 saturated carbocycles. The molecule has 1 rings (SSSR count). The molecule has 0 aliphatic heterocycles. The van der Waals surface area contributed by atoms with Gasteiger partial charge in [-0.25, -0.2) is 0 Å². The van der Waals surface area contributed by atoms with Crippen molar-refractivity contribution in [2.45, 2.75) is 38.3 Å². The highest BCUT2D eigenvalue weighted by Gasteiger charge is 2.08. The molecule has 4 heteroatoms. The summed E-state index contributed by atoms with van der Waals surface area (Å²) in [5.74, 6) is 0. The summed E-state index contributed by atoms with van der Waals surface area (Å²) in [6.07, 6.45) is 7.08. The zero-order valence-electron chi connectivity index (χ0n) is 9.81. The Kier molecular flexibility index (Phi) is 4.78. The first-order valence-corrected chi connectivity index (χ1v) is 5.37. The summed E-state index contributed by atoms with van der Waals surface area (Å²) >= 11 is 0. The third-order valence-electron chi connectivity index (χ3n) is 2.60. The lowest BCUT2D eigenvalue weighted by atomic mass is 10.0. The molecule has 0 saturated heterocycles. The number of hydrogen-bond acceptors (Lipinski definition) is 3. The molecular formula is C11H21N3O. The van der Waals surface area contributed by atoms with Crippen LogP contribution in [-0.4, -0.2) is 29.0 Å². The van der Waals surface area contributed by atoms with Gasteiger partial charge in [0.1, 0.15) is 0 Å². The Labute approximate surface area is 91.4 Å². The van der Waals surface area contributed by atoms with E-state index in [1.165, 1.54) is 5.56 Å². The first-order chi connectivity index (χ1) is 7.11. The predicted octanol–water partition coefficient (Wildman–Crippen LogP) is 1.10. The van der Waals surface area contributed by atoms with Crippen molar-refractivity contribution in [1.29, 1.82) is 0 Å². The number of ether oxygens (including phenoxy) is 1. The topological polar surface area (TPSA) is 53.1 Å². The minimum Gasteiger partial charge on any atom is -0.382 e. The summed E-state index contributed by atoms with van der Waals surface area (Å²) in [6.45, 7) is 2.07. The van der Waals surface area contributed by atoms with Gasteiger partial charge in [-0.05, 0) is 31.7 Å². The van der Waals surface area contributed by atoms with Crippen LogP contribution in [0.25, 0.3) is 0 Å². The standard InChI is InChI=1S/C11H21N3O/c1-9(15-3)4-5-11(12)6-10-7-13-14(2)8-10/h7-9,11H,4-6,12H2,1-3H3. The average molecular weight is 211 g/mol. The molecule has 0 aliphatic rings. The molecule has 0 aromatic carbocycles. The quantitative estimate of drug-likeness (QED) is 0.766. The molecule has 0 bridgehead atoms. The summed E-state index contributed by atoms with van der Waals surface area (Å²) in [7, 11) is 3.65. The van der Waals surface area contributed by atoms with Crippen molar-refractivity contribution in [2.75, 3.05) is 7.11 Å². The lowest BCUT2D eigenvalue weighted by molar-refractivity contribution is 0.107. The van der Waals surface area contributed by atoms with Gasteiger partial charge in [0.2, 0.25) is 0 Å². The van der Waals surface area contributed by atoms with Gasteiger partial charge in [-0.3, -0.25) is 4.68 Å². The van der Waals surface area contributed by atoms with Gasteiger partial charge in [0, 0.05) is 26.4 Å². The fourth-order valence-corrected chi connectivity index (χ4v) is 1.55. The van der Waals surface area contributed by atoms with Gasteiger partial charge in [-0.15, -0.1) is 0 Å². The van der Waals surface area contributed by atoms with E-state index in [0.29, 0.717) is 6.10 Å². The van der Waals surface area contributed by atoms with Crippen LogP contribution in [0.3, 0.4) is 0 Å². The van der Waals surface area contributed by atoms with E-state index in [-0.39, 0.29) is 6.04 Å². The van der Waals surface area contributed by atoms with Crippen molar-refractivity contribution in [2.24, 2.45) is 12.8 Å². The molecule has 0 radical (unpaired) electrons. The number of rotatable bonds is 6. The van der Waals surface area contributed by atoms with Crippen LogP contribution in [0.1, 0.15) is 25.3 Å². The molecule has 0 amide bonds. The normalized spacial score (nSPS) is 15.2. The molecule has 2 unspecified atom stereocenters. The van der Waals surface area contributed by atoms with E-state index in [4.69, 9.17) is 10.5 Å². The van der Waals surface area contributed by atoms with E-state index in [2.05, 4.69) is 12.0 Å². The summed E-state index contributed by atoms with van der Waals surface area (Å²) in [4.78, 5) is 0. The molecular weight excluding hydrogens is 190 g/mol. The maximum atomic E-state index is 6.03. The highest BCUT2D eigenvalue weighted by molar-refractivity contribution is 5.05. The number of hydrogen-bond donors (Lipinski definition) is 1. The molecule has 15 heavy (non-hydrogen) atoms. The summed E-state index contributed by atoms with van der Waals surface area (Å²) in [6, 6.07) is 0.201. The molecule has 0 spiro atoms. The zero-order chi connectivity index (χ0) is 11.3. The molecule has 4 nitrogen and oxygen atoms in total. The Morgan fingerprint density at radius 2 is 2.27 bits per heavy atom. The summed E-state index contributed by atoms with van der Waals surface area (Å²) in [5.41, 5.74) is 7.23. The average Bonchev–Trinajstić information content (AvgIpc) is 2.60. The van der Waals surface area contributed by atoms with Gasteiger partial charge in [-0.2, -0.15) is 5.10 Å². The molecule has 0 aliphatic carbocycles. The number of nitrogens with two attached hydrogens (primary N) is 1. The molecule has 2 atom stereocenters. The lowest BCUT2D eigenvalue weighted by Crippen LogP contribution is -2.24. The van der Waals surface area contributed by atoms with Crippen LogP contribution in [0.5, 0.6) is 0 Å². The van der Waals surface area contributed by atoms with Crippen LogP contribution in [0.4, 0.5) is 0 Å². The Hall–Kier alpha value is -0.870. The minimum absolute atomic E-state index is 0.201. The van der Waals surface area contributed by atoms with Crippen LogP contribution in [0.2, 0.25) is 0 Å². The maximum absolute atomic E-state index is 6.03. The first kappa shape index (κ1) is 12.2. The van der Waals surface area contributed by atoms with Crippen molar-refractivity contribution < 1.29 is 4.74 Å². The third-order valence-corrected chi connectivity index (χ3v) is 2.60. The summed E-state index contributed by atoms with van der Waals surface area (Å²) < 4.78 is 6.99. The van der Waals surface area contributed by atoms with Crippen LogP contribution < -0.4 is 5.73 Å². The second kappa shape index (κ2) is 5.88. The van der Waals surface area contributed by atoms with E-state index in [1.807, 2.05) is 19.4 Å². The monoisotopic (exact) mass is 211 g/mol. The van der Waals surface area contributed by atoms with Crippen molar-refractivity contribution in [1.82, 2.24) is 9.78 Å². The van der Waals surface area contributed by atoms with Gasteiger partial charge in [0.05, 0.1) is 12.3 Å².